The number of hydrogen-bond acceptors (Lipinski definition) is 10. The smallest absolute Gasteiger partial charge is 0.381 e. The van der Waals surface area contributed by atoms with Crippen molar-refractivity contribution in [2.45, 2.75) is 36.9 Å². The Bertz CT molecular complexity index is 1410. The van der Waals surface area contributed by atoms with Crippen molar-refractivity contribution in [1.82, 2.24) is 19.5 Å². The molecule has 0 radical (unpaired) electrons. The fourth-order valence-electron chi connectivity index (χ4n) is 3.76. The number of aliphatic hydroxyl groups is 1. The van der Waals surface area contributed by atoms with Crippen molar-refractivity contribution in [2.24, 2.45) is 0 Å². The van der Waals surface area contributed by atoms with Crippen molar-refractivity contribution in [3.05, 3.63) is 46.5 Å². The first-order valence-electron chi connectivity index (χ1n) is 9.88. The molecule has 4 atom stereocenters. The van der Waals surface area contributed by atoms with E-state index in [4.69, 9.17) is 35.8 Å². The molecule has 188 valence electrons. The summed E-state index contributed by atoms with van der Waals surface area (Å²) in [6, 6.07) is 6.54. The average Bonchev–Trinajstić information content (AvgIpc) is 3.30. The van der Waals surface area contributed by atoms with Gasteiger partial charge in [-0.15, -0.1) is 0 Å². The van der Waals surface area contributed by atoms with Crippen LogP contribution in [-0.4, -0.2) is 55.3 Å². The molecular weight excluding hydrogens is 521 g/mol. The molecule has 0 bridgehead atoms. The lowest BCUT2D eigenvalue weighted by Gasteiger charge is -2.35. The van der Waals surface area contributed by atoms with Crippen LogP contribution in [0.4, 0.5) is 23.5 Å². The van der Waals surface area contributed by atoms with Gasteiger partial charge in [-0.2, -0.15) is 13.8 Å². The average molecular weight is 537 g/mol. The van der Waals surface area contributed by atoms with Gasteiger partial charge in [0.2, 0.25) is 11.5 Å². The van der Waals surface area contributed by atoms with E-state index in [2.05, 4.69) is 15.0 Å². The van der Waals surface area contributed by atoms with Crippen LogP contribution in [0.15, 0.2) is 35.4 Å². The van der Waals surface area contributed by atoms with Crippen molar-refractivity contribution in [2.75, 3.05) is 12.3 Å². The van der Waals surface area contributed by atoms with Gasteiger partial charge >= 0.3 is 12.6 Å². The van der Waals surface area contributed by atoms with Crippen LogP contribution < -0.4 is 15.8 Å². The fourth-order valence-corrected chi connectivity index (χ4v) is 5.57. The number of nitrogens with two attached hydrogens (primary N) is 1. The Morgan fingerprint density at radius 3 is 2.89 bits per heavy atom. The third kappa shape index (κ3) is 3.72. The largest absolute Gasteiger partial charge is 0.424 e. The normalized spacial score (nSPS) is 29.9. The van der Waals surface area contributed by atoms with Gasteiger partial charge in [-0.25, -0.2) is 13.8 Å². The van der Waals surface area contributed by atoms with Crippen LogP contribution in [0.2, 0.25) is 0 Å². The number of H-pyrrole nitrogens is 1. The minimum Gasteiger partial charge on any atom is -0.424 e. The van der Waals surface area contributed by atoms with Crippen LogP contribution in [-0.2, 0) is 32.2 Å². The second kappa shape index (κ2) is 8.21. The second-order valence-electron chi connectivity index (χ2n) is 7.73. The zero-order chi connectivity index (χ0) is 25.2. The van der Waals surface area contributed by atoms with Crippen LogP contribution >= 0.6 is 6.72 Å². The van der Waals surface area contributed by atoms with Crippen LogP contribution in [0.5, 0.6) is 5.75 Å². The first-order valence-corrected chi connectivity index (χ1v) is 12.4. The third-order valence-corrected chi connectivity index (χ3v) is 7.78. The summed E-state index contributed by atoms with van der Waals surface area (Å²) >= 11 is 5.17. The minimum atomic E-state index is -4.56. The van der Waals surface area contributed by atoms with E-state index in [1.54, 1.807) is 18.2 Å². The lowest BCUT2D eigenvalue weighted by Crippen LogP contribution is -2.57. The number of halogens is 4. The van der Waals surface area contributed by atoms with Crippen molar-refractivity contribution < 1.29 is 41.0 Å². The topological polar surface area (TPSA) is 147 Å². The summed E-state index contributed by atoms with van der Waals surface area (Å²) in [6.45, 7) is -5.34. The zero-order valence-corrected chi connectivity index (χ0v) is 19.0. The van der Waals surface area contributed by atoms with E-state index in [-0.39, 0.29) is 23.5 Å². The Balaban J connectivity index is 1.48. The van der Waals surface area contributed by atoms with E-state index in [0.29, 0.717) is 10.1 Å². The Morgan fingerprint density at radius 2 is 2.14 bits per heavy atom. The number of nitrogen functional groups attached to an aromatic ring is 1. The molecule has 4 N–H and O–H groups in total. The number of imidazole rings is 1. The van der Waals surface area contributed by atoms with Crippen LogP contribution in [0.1, 0.15) is 11.8 Å². The first kappa shape index (κ1) is 24.1. The van der Waals surface area contributed by atoms with Gasteiger partial charge in [-0.05, 0) is 6.07 Å². The van der Waals surface area contributed by atoms with Gasteiger partial charge in [-0.1, -0.05) is 18.2 Å². The molecule has 3 aromatic rings. The molecule has 0 saturated carbocycles. The fraction of sp³-hybridized carbons (Fsp3) is 0.389. The Morgan fingerprint density at radius 1 is 1.40 bits per heavy atom. The number of rotatable bonds is 5. The van der Waals surface area contributed by atoms with Gasteiger partial charge in [0.15, 0.2) is 23.5 Å². The number of nitrogens with zero attached hydrogens (tertiary/aromatic N) is 3. The summed E-state index contributed by atoms with van der Waals surface area (Å²) in [5.41, 5.74) is 0.932. The molecule has 1 fully saturated rings. The molecule has 0 aliphatic carbocycles. The number of benzene rings is 1. The van der Waals surface area contributed by atoms with Gasteiger partial charge < -0.3 is 20.1 Å². The van der Waals surface area contributed by atoms with E-state index in [1.807, 2.05) is 0 Å². The molecule has 1 unspecified atom stereocenters. The van der Waals surface area contributed by atoms with E-state index in [0.717, 1.165) is 6.33 Å². The Hall–Kier alpha value is -2.62. The van der Waals surface area contributed by atoms with Gasteiger partial charge in [0.1, 0.15) is 5.75 Å². The minimum absolute atomic E-state index is 0.0830. The van der Waals surface area contributed by atoms with Gasteiger partial charge in [0, 0.05) is 17.4 Å². The highest BCUT2D eigenvalue weighted by molar-refractivity contribution is 8.07. The third-order valence-electron chi connectivity index (χ3n) is 5.61. The number of fused-ring (bicyclic) bond motifs is 2. The highest BCUT2D eigenvalue weighted by Gasteiger charge is 2.74. The lowest BCUT2D eigenvalue weighted by molar-refractivity contribution is -0.242. The molecule has 2 aliphatic rings. The van der Waals surface area contributed by atoms with Gasteiger partial charge in [0.05, 0.1) is 19.5 Å². The van der Waals surface area contributed by atoms with Crippen molar-refractivity contribution in [3.63, 3.8) is 0 Å². The number of para-hydroxylation sites is 1. The molecule has 17 heteroatoms. The number of ether oxygens (including phenoxy) is 1. The zero-order valence-electron chi connectivity index (χ0n) is 17.3. The molecule has 5 rings (SSSR count). The number of aromatic amines is 1. The molecule has 35 heavy (non-hydrogen) atoms. The predicted octanol–water partition coefficient (Wildman–Crippen LogP) is 2.08. The van der Waals surface area contributed by atoms with Crippen molar-refractivity contribution in [1.29, 1.82) is 0 Å². The first-order chi connectivity index (χ1) is 16.5. The van der Waals surface area contributed by atoms with Crippen LogP contribution in [0, 0.1) is 0 Å². The van der Waals surface area contributed by atoms with Crippen LogP contribution in [0.25, 0.3) is 11.2 Å². The number of aliphatic hydroxyl groups excluding tert-OH is 1. The quantitative estimate of drug-likeness (QED) is 0.327. The molecule has 2 aromatic heterocycles. The van der Waals surface area contributed by atoms with Gasteiger partial charge in [-0.3, -0.25) is 23.4 Å². The van der Waals surface area contributed by atoms with Crippen molar-refractivity contribution in [3.8, 4) is 5.75 Å². The van der Waals surface area contributed by atoms with E-state index >= 15 is 8.78 Å². The molecular formula is C18H16F4N5O6PS. The number of aromatic nitrogens is 4. The molecule has 11 nitrogen and oxygen atoms in total. The maximum absolute atomic E-state index is 15.2. The molecule has 1 saturated heterocycles. The SMILES string of the molecule is Nc1nc2c(ncn2[C@@H]2O[C@@](COP3(=S)OCc4ccccc4O3)(C(F)F)C(F)(F)[C@@H]2O)c(=O)[nH]1. The molecule has 2 aliphatic heterocycles. The lowest BCUT2D eigenvalue weighted by atomic mass is 9.95. The molecule has 0 spiro atoms. The highest BCUT2D eigenvalue weighted by atomic mass is 32.5. The Kier molecular flexibility index (Phi) is 5.65. The number of hydrogen-bond donors (Lipinski definition) is 3. The second-order valence-corrected chi connectivity index (χ2v) is 10.7. The van der Waals surface area contributed by atoms with E-state index in [9.17, 15) is 18.7 Å². The van der Waals surface area contributed by atoms with Gasteiger partial charge in [0.25, 0.3) is 12.0 Å². The maximum atomic E-state index is 15.2. The summed E-state index contributed by atoms with van der Waals surface area (Å²) in [5.74, 6) is -4.68. The molecule has 4 heterocycles. The molecule has 1 aromatic carbocycles. The number of alkyl halides is 4. The predicted molar refractivity (Wildman–Crippen MR) is 114 cm³/mol. The summed E-state index contributed by atoms with van der Waals surface area (Å²) in [4.78, 5) is 21.7. The van der Waals surface area contributed by atoms with Crippen molar-refractivity contribution >= 4 is 35.6 Å². The molecule has 0 amide bonds. The maximum Gasteiger partial charge on any atom is 0.381 e. The van der Waals surface area contributed by atoms with E-state index < -0.39 is 55.1 Å². The van der Waals surface area contributed by atoms with E-state index in [1.165, 1.54) is 6.07 Å². The standard InChI is InChI=1S/C18H16F4N5O6PS/c19-15(20)17(6-31-34(35)30-5-8-3-1-2-4-9(8)33-34)18(21,22)11(28)14(32-17)27-7-24-10-12(27)25-16(23)26-13(10)29/h1-4,7,11,14-15,28H,5-6H2,(H3,23,25,26,29)/t11-,14-,17+,34?/m1/s1. The summed E-state index contributed by atoms with van der Waals surface area (Å²) in [6.07, 6.45) is -7.96. The number of anilines is 1. The monoisotopic (exact) mass is 537 g/mol. The Labute approximate surface area is 198 Å². The van der Waals surface area contributed by atoms with Crippen LogP contribution in [0.3, 0.4) is 0 Å². The summed E-state index contributed by atoms with van der Waals surface area (Å²) in [7, 11) is 0. The highest BCUT2D eigenvalue weighted by Crippen LogP contribution is 2.58. The number of nitrogens with one attached hydrogen (secondary N) is 1. The summed E-state index contributed by atoms with van der Waals surface area (Å²) < 4.78 is 80.8. The summed E-state index contributed by atoms with van der Waals surface area (Å²) in [5, 5.41) is 10.4.